The van der Waals surface area contributed by atoms with Gasteiger partial charge in [-0.15, -0.1) is 0 Å². The molecule has 0 fully saturated rings. The molecular formula is C6H11O6P. The van der Waals surface area contributed by atoms with Crippen LogP contribution in [0.1, 0.15) is 13.3 Å². The number of hydrogen-bond donors (Lipinski definition) is 1. The van der Waals surface area contributed by atoms with Gasteiger partial charge < -0.3 is 4.89 Å². The fourth-order valence-electron chi connectivity index (χ4n) is 0.346. The van der Waals surface area contributed by atoms with E-state index < -0.39 is 13.8 Å². The van der Waals surface area contributed by atoms with Crippen LogP contribution in [0.15, 0.2) is 12.7 Å². The molecular weight excluding hydrogens is 199 g/mol. The molecule has 0 aromatic rings. The first kappa shape index (κ1) is 12.3. The van der Waals surface area contributed by atoms with Crippen LogP contribution in [0.2, 0.25) is 0 Å². The summed E-state index contributed by atoms with van der Waals surface area (Å²) < 4.78 is 19.0. The molecule has 0 aromatic carbocycles. The van der Waals surface area contributed by atoms with Crippen molar-refractivity contribution in [2.45, 2.75) is 13.3 Å². The van der Waals surface area contributed by atoms with Gasteiger partial charge in [-0.25, -0.2) is 9.36 Å². The summed E-state index contributed by atoms with van der Waals surface area (Å²) in [6.45, 7) is 4.84. The van der Waals surface area contributed by atoms with E-state index >= 15 is 0 Å². The van der Waals surface area contributed by atoms with Gasteiger partial charge in [0.1, 0.15) is 0 Å². The Morgan fingerprint density at radius 1 is 1.69 bits per heavy atom. The van der Waals surface area contributed by atoms with Crippen LogP contribution in [-0.4, -0.2) is 17.5 Å². The summed E-state index contributed by atoms with van der Waals surface area (Å²) in [5, 5.41) is 0. The first-order chi connectivity index (χ1) is 6.02. The Morgan fingerprint density at radius 2 is 2.31 bits per heavy atom. The summed E-state index contributed by atoms with van der Waals surface area (Å²) in [6.07, 6.45) is 1.34. The molecule has 0 aromatic heterocycles. The van der Waals surface area contributed by atoms with Crippen LogP contribution >= 0.6 is 7.82 Å². The molecule has 1 N–H and O–H groups in total. The Balaban J connectivity index is 3.81. The van der Waals surface area contributed by atoms with Gasteiger partial charge in [0.2, 0.25) is 0 Å². The van der Waals surface area contributed by atoms with E-state index in [0.29, 0.717) is 6.42 Å². The number of hydrogen-bond acceptors (Lipinski definition) is 5. The summed E-state index contributed by atoms with van der Waals surface area (Å²) in [5.74, 6) is -0.964. The lowest BCUT2D eigenvalue weighted by Crippen LogP contribution is -2.02. The lowest BCUT2D eigenvalue weighted by Gasteiger charge is -2.08. The third-order valence-corrected chi connectivity index (χ3v) is 1.61. The summed E-state index contributed by atoms with van der Waals surface area (Å²) in [5.41, 5.74) is 0. The second-order valence-electron chi connectivity index (χ2n) is 1.98. The molecule has 0 aliphatic rings. The molecule has 0 rings (SSSR count). The lowest BCUT2D eigenvalue weighted by molar-refractivity contribution is -0.217. The Morgan fingerprint density at radius 3 is 2.77 bits per heavy atom. The standard InChI is InChI=1S/C6H11O6P/c1-3-5-10-13(8,9)12-11-6(7)4-2/h4H,2-3,5H2,1H3,(H,8,9). The Bertz CT molecular complexity index is 225. The molecule has 0 spiro atoms. The molecule has 7 heteroatoms. The van der Waals surface area contributed by atoms with Crippen molar-refractivity contribution in [3.8, 4) is 0 Å². The zero-order chi connectivity index (χ0) is 10.3. The van der Waals surface area contributed by atoms with E-state index in [1.54, 1.807) is 6.92 Å². The average molecular weight is 210 g/mol. The summed E-state index contributed by atoms with van der Waals surface area (Å²) >= 11 is 0. The smallest absolute Gasteiger partial charge is 0.300 e. The molecule has 1 atom stereocenters. The highest BCUT2D eigenvalue weighted by atomic mass is 31.2. The number of phosphoric ester groups is 1. The minimum Gasteiger partial charge on any atom is -0.300 e. The van der Waals surface area contributed by atoms with Crippen molar-refractivity contribution in [3.63, 3.8) is 0 Å². The van der Waals surface area contributed by atoms with Gasteiger partial charge in [0.25, 0.3) is 0 Å². The second-order valence-corrected chi connectivity index (χ2v) is 3.33. The van der Waals surface area contributed by atoms with Crippen molar-refractivity contribution in [1.82, 2.24) is 0 Å². The Kier molecular flexibility index (Phi) is 5.57. The van der Waals surface area contributed by atoms with Crippen molar-refractivity contribution < 1.29 is 28.3 Å². The van der Waals surface area contributed by atoms with Gasteiger partial charge in [0.05, 0.1) is 6.61 Å². The molecule has 0 bridgehead atoms. The van der Waals surface area contributed by atoms with Crippen LogP contribution in [0.25, 0.3) is 0 Å². The zero-order valence-electron chi connectivity index (χ0n) is 7.13. The van der Waals surface area contributed by atoms with E-state index in [0.717, 1.165) is 6.08 Å². The van der Waals surface area contributed by atoms with E-state index in [4.69, 9.17) is 4.89 Å². The first-order valence-corrected chi connectivity index (χ1v) is 5.01. The zero-order valence-corrected chi connectivity index (χ0v) is 8.03. The molecule has 0 heterocycles. The molecule has 0 saturated carbocycles. The highest BCUT2D eigenvalue weighted by molar-refractivity contribution is 7.47. The van der Waals surface area contributed by atoms with E-state index in [2.05, 4.69) is 20.7 Å². The van der Waals surface area contributed by atoms with E-state index in [9.17, 15) is 9.36 Å². The van der Waals surface area contributed by atoms with Gasteiger partial charge in [-0.2, -0.15) is 0 Å². The second kappa shape index (κ2) is 5.88. The number of rotatable bonds is 6. The van der Waals surface area contributed by atoms with Crippen LogP contribution in [0.3, 0.4) is 0 Å². The first-order valence-electron chi connectivity index (χ1n) is 3.52. The molecule has 76 valence electrons. The quantitative estimate of drug-likeness (QED) is 0.306. The number of phosphoric acid groups is 1. The van der Waals surface area contributed by atoms with E-state index in [1.807, 2.05) is 0 Å². The minimum absolute atomic E-state index is 0.0411. The minimum atomic E-state index is -4.27. The van der Waals surface area contributed by atoms with Crippen LogP contribution in [0.4, 0.5) is 0 Å². The molecule has 0 radical (unpaired) electrons. The monoisotopic (exact) mass is 210 g/mol. The van der Waals surface area contributed by atoms with Gasteiger partial charge in [-0.3, -0.25) is 9.41 Å². The van der Waals surface area contributed by atoms with Crippen LogP contribution < -0.4 is 0 Å². The number of carbonyl (C=O) groups is 1. The van der Waals surface area contributed by atoms with Crippen molar-refractivity contribution in [3.05, 3.63) is 12.7 Å². The van der Waals surface area contributed by atoms with E-state index in [-0.39, 0.29) is 6.61 Å². The van der Waals surface area contributed by atoms with Crippen molar-refractivity contribution in [1.29, 1.82) is 0 Å². The van der Waals surface area contributed by atoms with Gasteiger partial charge in [0, 0.05) is 6.08 Å². The Hall–Kier alpha value is -0.680. The van der Waals surface area contributed by atoms with Gasteiger partial charge >= 0.3 is 13.8 Å². The van der Waals surface area contributed by atoms with Gasteiger partial charge in [-0.05, 0) is 6.42 Å². The highest BCUT2D eigenvalue weighted by Gasteiger charge is 2.23. The molecule has 6 nitrogen and oxygen atoms in total. The maximum atomic E-state index is 10.8. The van der Waals surface area contributed by atoms with Crippen molar-refractivity contribution in [2.24, 2.45) is 0 Å². The lowest BCUT2D eigenvalue weighted by atomic mass is 10.5. The molecule has 13 heavy (non-hydrogen) atoms. The SMILES string of the molecule is C=CC(=O)OOP(=O)(O)OCCC. The fraction of sp³-hybridized carbons (Fsp3) is 0.500. The summed E-state index contributed by atoms with van der Waals surface area (Å²) in [4.78, 5) is 23.0. The highest BCUT2D eigenvalue weighted by Crippen LogP contribution is 2.43. The molecule has 1 unspecified atom stereocenters. The third kappa shape index (κ3) is 6.48. The van der Waals surface area contributed by atoms with E-state index in [1.165, 1.54) is 0 Å². The van der Waals surface area contributed by atoms with Gasteiger partial charge in [0.15, 0.2) is 0 Å². The predicted octanol–water partition coefficient (Wildman–Crippen LogP) is 1.17. The topological polar surface area (TPSA) is 82.1 Å². The van der Waals surface area contributed by atoms with Crippen LogP contribution in [-0.2, 0) is 23.4 Å². The fourth-order valence-corrected chi connectivity index (χ4v) is 0.970. The normalized spacial score (nSPS) is 14.6. The predicted molar refractivity (Wildman–Crippen MR) is 43.4 cm³/mol. The van der Waals surface area contributed by atoms with Crippen LogP contribution in [0.5, 0.6) is 0 Å². The van der Waals surface area contributed by atoms with Crippen LogP contribution in [0, 0.1) is 0 Å². The largest absolute Gasteiger partial charge is 0.508 e. The third-order valence-electron chi connectivity index (χ3n) is 0.839. The molecule has 0 aliphatic heterocycles. The summed E-state index contributed by atoms with van der Waals surface area (Å²) in [6, 6.07) is 0. The van der Waals surface area contributed by atoms with Crippen molar-refractivity contribution >= 4 is 13.8 Å². The van der Waals surface area contributed by atoms with Gasteiger partial charge in [-0.1, -0.05) is 18.2 Å². The average Bonchev–Trinajstić information content (AvgIpc) is 2.11. The molecule has 0 amide bonds. The maximum Gasteiger partial charge on any atom is 0.508 e. The van der Waals surface area contributed by atoms with Crippen molar-refractivity contribution in [2.75, 3.05) is 6.61 Å². The maximum absolute atomic E-state index is 10.8. The molecule has 0 aliphatic carbocycles. The summed E-state index contributed by atoms with van der Waals surface area (Å²) in [7, 11) is -4.27. The Labute approximate surface area is 75.6 Å². The molecule has 0 saturated heterocycles. The number of carbonyl (C=O) groups excluding carboxylic acids is 1.